The Bertz CT molecular complexity index is 290. The first-order valence-electron chi connectivity index (χ1n) is 8.35. The quantitative estimate of drug-likeness (QED) is 0.372. The van der Waals surface area contributed by atoms with Crippen molar-refractivity contribution >= 4 is 36.8 Å². The van der Waals surface area contributed by atoms with E-state index in [2.05, 4.69) is 24.5 Å². The van der Waals surface area contributed by atoms with Gasteiger partial charge in [-0.15, -0.1) is 24.8 Å². The lowest BCUT2D eigenvalue weighted by Crippen LogP contribution is -2.42. The van der Waals surface area contributed by atoms with Gasteiger partial charge >= 0.3 is 11.9 Å². The normalized spacial score (nSPS) is 12.3. The molecule has 8 heteroatoms. The van der Waals surface area contributed by atoms with Gasteiger partial charge < -0.3 is 20.1 Å². The SMILES string of the molecule is CCC(=O)OC[C@H](CC)NCCN[C@@H](CC)COC(=O)CC.Cl.Cl. The maximum atomic E-state index is 11.1. The maximum absolute atomic E-state index is 11.1. The largest absolute Gasteiger partial charge is 0.464 e. The molecule has 0 rings (SSSR count). The predicted octanol–water partition coefficient (Wildman–Crippen LogP) is 2.47. The van der Waals surface area contributed by atoms with Crippen molar-refractivity contribution in [1.29, 1.82) is 0 Å². The van der Waals surface area contributed by atoms with E-state index in [0.29, 0.717) is 26.1 Å². The molecule has 6 nitrogen and oxygen atoms in total. The van der Waals surface area contributed by atoms with E-state index in [-0.39, 0.29) is 48.8 Å². The fourth-order valence-electron chi connectivity index (χ4n) is 1.79. The molecule has 0 aromatic rings. The van der Waals surface area contributed by atoms with Gasteiger partial charge in [0.15, 0.2) is 0 Å². The summed E-state index contributed by atoms with van der Waals surface area (Å²) in [7, 11) is 0. The van der Waals surface area contributed by atoms with Crippen molar-refractivity contribution < 1.29 is 19.1 Å². The van der Waals surface area contributed by atoms with Gasteiger partial charge in [0.05, 0.1) is 0 Å². The molecule has 0 unspecified atom stereocenters. The third-order valence-corrected chi connectivity index (χ3v) is 3.44. The maximum Gasteiger partial charge on any atom is 0.305 e. The zero-order chi connectivity index (χ0) is 16.8. The van der Waals surface area contributed by atoms with Crippen LogP contribution < -0.4 is 10.6 Å². The molecule has 2 atom stereocenters. The highest BCUT2D eigenvalue weighted by atomic mass is 35.5. The van der Waals surface area contributed by atoms with Crippen LogP contribution in [0, 0.1) is 0 Å². The first-order chi connectivity index (χ1) is 10.6. The minimum absolute atomic E-state index is 0. The van der Waals surface area contributed by atoms with Gasteiger partial charge in [0.25, 0.3) is 0 Å². The summed E-state index contributed by atoms with van der Waals surface area (Å²) in [6.07, 6.45) is 2.63. The lowest BCUT2D eigenvalue weighted by atomic mass is 10.2. The van der Waals surface area contributed by atoms with Crippen LogP contribution in [0.5, 0.6) is 0 Å². The fourth-order valence-corrected chi connectivity index (χ4v) is 1.79. The number of halogens is 2. The molecular formula is C16H34Cl2N2O4. The molecule has 0 radical (unpaired) electrons. The van der Waals surface area contributed by atoms with Crippen LogP contribution in [0.15, 0.2) is 0 Å². The topological polar surface area (TPSA) is 76.7 Å². The highest BCUT2D eigenvalue weighted by molar-refractivity contribution is 5.85. The number of rotatable bonds is 13. The van der Waals surface area contributed by atoms with Crippen molar-refractivity contribution in [3.8, 4) is 0 Å². The van der Waals surface area contributed by atoms with E-state index in [0.717, 1.165) is 25.9 Å². The molecule has 0 aromatic carbocycles. The third-order valence-electron chi connectivity index (χ3n) is 3.44. The molecule has 146 valence electrons. The summed E-state index contributed by atoms with van der Waals surface area (Å²) in [5.41, 5.74) is 0. The predicted molar refractivity (Wildman–Crippen MR) is 101 cm³/mol. The average Bonchev–Trinajstić information content (AvgIpc) is 2.55. The number of carbonyl (C=O) groups is 2. The summed E-state index contributed by atoms with van der Waals surface area (Å²) in [5, 5.41) is 6.71. The van der Waals surface area contributed by atoms with Crippen molar-refractivity contribution in [2.75, 3.05) is 26.3 Å². The van der Waals surface area contributed by atoms with Crippen LogP contribution >= 0.6 is 24.8 Å². The van der Waals surface area contributed by atoms with E-state index in [9.17, 15) is 9.59 Å². The molecule has 24 heavy (non-hydrogen) atoms. The second-order valence-electron chi connectivity index (χ2n) is 5.19. The highest BCUT2D eigenvalue weighted by Gasteiger charge is 2.10. The fraction of sp³-hybridized carbons (Fsp3) is 0.875. The van der Waals surface area contributed by atoms with E-state index in [4.69, 9.17) is 9.47 Å². The average molecular weight is 389 g/mol. The van der Waals surface area contributed by atoms with Crippen molar-refractivity contribution in [1.82, 2.24) is 10.6 Å². The Morgan fingerprint density at radius 1 is 0.750 bits per heavy atom. The van der Waals surface area contributed by atoms with Crippen LogP contribution in [0.4, 0.5) is 0 Å². The Hall–Kier alpha value is -0.560. The summed E-state index contributed by atoms with van der Waals surface area (Å²) in [6.45, 7) is 10.1. The monoisotopic (exact) mass is 388 g/mol. The molecule has 0 bridgehead atoms. The van der Waals surface area contributed by atoms with Gasteiger partial charge in [0, 0.05) is 38.0 Å². The Kier molecular flexibility index (Phi) is 22.1. The molecule has 0 saturated heterocycles. The van der Waals surface area contributed by atoms with Crippen molar-refractivity contribution in [3.63, 3.8) is 0 Å². The Balaban J connectivity index is -0.00000220. The lowest BCUT2D eigenvalue weighted by molar-refractivity contribution is -0.145. The molecule has 0 saturated carbocycles. The number of hydrogen-bond donors (Lipinski definition) is 2. The molecule has 0 aromatic heterocycles. The van der Waals surface area contributed by atoms with Gasteiger partial charge in [0.2, 0.25) is 0 Å². The molecule has 0 spiro atoms. The number of hydrogen-bond acceptors (Lipinski definition) is 6. The van der Waals surface area contributed by atoms with Gasteiger partial charge in [-0.3, -0.25) is 9.59 Å². The number of ether oxygens (including phenoxy) is 2. The van der Waals surface area contributed by atoms with Crippen LogP contribution in [0.1, 0.15) is 53.4 Å². The molecular weight excluding hydrogens is 355 g/mol. The lowest BCUT2D eigenvalue weighted by Gasteiger charge is -2.20. The molecule has 2 N–H and O–H groups in total. The van der Waals surface area contributed by atoms with Crippen molar-refractivity contribution in [2.24, 2.45) is 0 Å². The molecule has 0 fully saturated rings. The van der Waals surface area contributed by atoms with E-state index >= 15 is 0 Å². The molecule has 0 aliphatic carbocycles. The van der Waals surface area contributed by atoms with Gasteiger partial charge in [0.1, 0.15) is 13.2 Å². The van der Waals surface area contributed by atoms with Crippen LogP contribution in [-0.4, -0.2) is 50.3 Å². The van der Waals surface area contributed by atoms with Crippen LogP contribution in [-0.2, 0) is 19.1 Å². The molecule has 0 aliphatic heterocycles. The van der Waals surface area contributed by atoms with Crippen LogP contribution in [0.25, 0.3) is 0 Å². The Labute approximate surface area is 158 Å². The number of esters is 2. The zero-order valence-corrected chi connectivity index (χ0v) is 16.9. The molecule has 0 heterocycles. The first kappa shape index (κ1) is 28.3. The van der Waals surface area contributed by atoms with Gasteiger partial charge in [-0.05, 0) is 12.8 Å². The number of carbonyl (C=O) groups excluding carboxylic acids is 2. The summed E-state index contributed by atoms with van der Waals surface area (Å²) < 4.78 is 10.3. The minimum atomic E-state index is -0.165. The zero-order valence-electron chi connectivity index (χ0n) is 15.3. The Morgan fingerprint density at radius 3 is 1.33 bits per heavy atom. The van der Waals surface area contributed by atoms with Crippen LogP contribution in [0.3, 0.4) is 0 Å². The summed E-state index contributed by atoms with van der Waals surface area (Å²) in [4.78, 5) is 22.3. The smallest absolute Gasteiger partial charge is 0.305 e. The summed E-state index contributed by atoms with van der Waals surface area (Å²) in [6, 6.07) is 0.352. The highest BCUT2D eigenvalue weighted by Crippen LogP contribution is 1.96. The van der Waals surface area contributed by atoms with Gasteiger partial charge in [-0.2, -0.15) is 0 Å². The molecule has 0 amide bonds. The molecule has 0 aliphatic rings. The number of nitrogens with one attached hydrogen (secondary N) is 2. The van der Waals surface area contributed by atoms with E-state index in [1.807, 2.05) is 0 Å². The second-order valence-corrected chi connectivity index (χ2v) is 5.19. The van der Waals surface area contributed by atoms with Crippen LogP contribution in [0.2, 0.25) is 0 Å². The minimum Gasteiger partial charge on any atom is -0.464 e. The van der Waals surface area contributed by atoms with Gasteiger partial charge in [-0.1, -0.05) is 27.7 Å². The second kappa shape index (κ2) is 18.8. The summed E-state index contributed by atoms with van der Waals surface area (Å²) >= 11 is 0. The summed E-state index contributed by atoms with van der Waals surface area (Å²) in [5.74, 6) is -0.329. The van der Waals surface area contributed by atoms with E-state index in [1.165, 1.54) is 0 Å². The Morgan fingerprint density at radius 2 is 1.08 bits per heavy atom. The van der Waals surface area contributed by atoms with E-state index < -0.39 is 0 Å². The standard InChI is InChI=1S/C16H32N2O4.2ClH/c1-5-13(11-21-15(19)7-3)17-9-10-18-14(6-2)12-22-16(20)8-4;;/h13-14,17-18H,5-12H2,1-4H3;2*1H/t13-,14-;;/m0../s1. The van der Waals surface area contributed by atoms with Crippen molar-refractivity contribution in [3.05, 3.63) is 0 Å². The van der Waals surface area contributed by atoms with Gasteiger partial charge in [-0.25, -0.2) is 0 Å². The first-order valence-corrected chi connectivity index (χ1v) is 8.35. The van der Waals surface area contributed by atoms with E-state index in [1.54, 1.807) is 13.8 Å². The third kappa shape index (κ3) is 15.0. The van der Waals surface area contributed by atoms with Crippen molar-refractivity contribution in [2.45, 2.75) is 65.5 Å².